The number of anilines is 1. The third kappa shape index (κ3) is 3.37. The minimum Gasteiger partial charge on any atom is -0.272 e. The van der Waals surface area contributed by atoms with Crippen LogP contribution in [0, 0.1) is 0 Å². The lowest BCUT2D eigenvalue weighted by Gasteiger charge is -2.15. The number of thiophene rings is 1. The van der Waals surface area contributed by atoms with Crippen LogP contribution in [0.2, 0.25) is 0 Å². The van der Waals surface area contributed by atoms with E-state index in [4.69, 9.17) is 4.98 Å². The smallest absolute Gasteiger partial charge is 0.269 e. The van der Waals surface area contributed by atoms with Crippen LogP contribution in [0.4, 0.5) is 5.95 Å². The predicted molar refractivity (Wildman–Crippen MR) is 119 cm³/mol. The first-order chi connectivity index (χ1) is 14.7. The Bertz CT molecular complexity index is 1280. The van der Waals surface area contributed by atoms with Gasteiger partial charge in [0.05, 0.1) is 11.9 Å². The summed E-state index contributed by atoms with van der Waals surface area (Å²) < 4.78 is 1.61. The number of nitrogens with one attached hydrogen (secondary N) is 2. The summed E-state index contributed by atoms with van der Waals surface area (Å²) >= 11 is 1.58. The molecular formula is C23H20N4O2S. The van der Waals surface area contributed by atoms with E-state index in [0.29, 0.717) is 18.1 Å². The number of rotatable bonds is 5. The predicted octanol–water partition coefficient (Wildman–Crippen LogP) is 3.75. The molecule has 2 aromatic carbocycles. The molecule has 0 spiro atoms. The molecule has 0 bridgehead atoms. The molecule has 0 radical (unpaired) electrons. The van der Waals surface area contributed by atoms with E-state index in [1.807, 2.05) is 36.4 Å². The second-order valence-electron chi connectivity index (χ2n) is 7.29. The maximum absolute atomic E-state index is 13.5. The highest BCUT2D eigenvalue weighted by Crippen LogP contribution is 2.35. The molecule has 7 heteroatoms. The van der Waals surface area contributed by atoms with Gasteiger partial charge < -0.3 is 0 Å². The molecule has 0 aliphatic heterocycles. The van der Waals surface area contributed by atoms with E-state index < -0.39 is 0 Å². The standard InChI is InChI=1S/C23H20N4O2S/c28-20(16-10-5-2-6-11-16)25-26-23-24-21-19(17-12-7-13-18(17)30-21)22(29)27(23)14-15-8-3-1-4-9-15/h1-6,8-11H,7,12-14H2,(H,24,26)(H,25,28). The average molecular weight is 417 g/mol. The normalized spacial score (nSPS) is 12.7. The van der Waals surface area contributed by atoms with Crippen LogP contribution in [0.15, 0.2) is 65.5 Å². The molecule has 2 N–H and O–H groups in total. The van der Waals surface area contributed by atoms with Crippen LogP contribution in [-0.2, 0) is 19.4 Å². The van der Waals surface area contributed by atoms with Gasteiger partial charge in [0, 0.05) is 10.4 Å². The summed E-state index contributed by atoms with van der Waals surface area (Å²) in [7, 11) is 0. The fourth-order valence-electron chi connectivity index (χ4n) is 3.86. The van der Waals surface area contributed by atoms with E-state index in [1.165, 1.54) is 4.88 Å². The highest BCUT2D eigenvalue weighted by molar-refractivity contribution is 7.18. The van der Waals surface area contributed by atoms with Gasteiger partial charge in [0.1, 0.15) is 4.83 Å². The molecule has 1 amide bonds. The second-order valence-corrected chi connectivity index (χ2v) is 8.38. The van der Waals surface area contributed by atoms with Crippen molar-refractivity contribution in [1.29, 1.82) is 0 Å². The third-order valence-electron chi connectivity index (χ3n) is 5.33. The van der Waals surface area contributed by atoms with Crippen LogP contribution < -0.4 is 16.4 Å². The van der Waals surface area contributed by atoms with Gasteiger partial charge >= 0.3 is 0 Å². The molecule has 5 rings (SSSR count). The number of hydrogen-bond donors (Lipinski definition) is 2. The van der Waals surface area contributed by atoms with Crippen LogP contribution in [0.1, 0.15) is 32.8 Å². The first-order valence-electron chi connectivity index (χ1n) is 9.91. The molecule has 0 saturated heterocycles. The Morgan fingerprint density at radius 2 is 1.77 bits per heavy atom. The summed E-state index contributed by atoms with van der Waals surface area (Å²) in [6.45, 7) is 0.372. The van der Waals surface area contributed by atoms with Crippen molar-refractivity contribution in [3.8, 4) is 0 Å². The molecule has 2 aromatic heterocycles. The highest BCUT2D eigenvalue weighted by atomic mass is 32.1. The first-order valence-corrected chi connectivity index (χ1v) is 10.7. The Morgan fingerprint density at radius 1 is 1.03 bits per heavy atom. The molecule has 0 saturated carbocycles. The van der Waals surface area contributed by atoms with Crippen LogP contribution in [-0.4, -0.2) is 15.5 Å². The minimum absolute atomic E-state index is 0.0697. The number of aryl methyl sites for hydroxylation is 2. The molecule has 1 aliphatic rings. The number of benzene rings is 2. The van der Waals surface area contributed by atoms with E-state index in [0.717, 1.165) is 40.6 Å². The van der Waals surface area contributed by atoms with E-state index in [9.17, 15) is 9.59 Å². The van der Waals surface area contributed by atoms with E-state index in [1.54, 1.807) is 40.2 Å². The van der Waals surface area contributed by atoms with Gasteiger partial charge in [0.25, 0.3) is 11.5 Å². The van der Waals surface area contributed by atoms with E-state index in [-0.39, 0.29) is 11.5 Å². The number of hydrazine groups is 1. The number of nitrogens with zero attached hydrogens (tertiary/aromatic N) is 2. The van der Waals surface area contributed by atoms with Crippen molar-refractivity contribution in [2.75, 3.05) is 5.43 Å². The lowest BCUT2D eigenvalue weighted by Crippen LogP contribution is -2.34. The summed E-state index contributed by atoms with van der Waals surface area (Å²) in [6, 6.07) is 18.7. The number of carbonyl (C=O) groups is 1. The number of aromatic nitrogens is 2. The molecule has 150 valence electrons. The highest BCUT2D eigenvalue weighted by Gasteiger charge is 2.23. The van der Waals surface area contributed by atoms with Crippen molar-refractivity contribution in [3.05, 3.63) is 92.6 Å². The van der Waals surface area contributed by atoms with E-state index in [2.05, 4.69) is 10.9 Å². The second kappa shape index (κ2) is 7.76. The Balaban J connectivity index is 1.54. The molecule has 30 heavy (non-hydrogen) atoms. The van der Waals surface area contributed by atoms with Crippen LogP contribution >= 0.6 is 11.3 Å². The number of fused-ring (bicyclic) bond motifs is 3. The van der Waals surface area contributed by atoms with Crippen molar-refractivity contribution in [1.82, 2.24) is 15.0 Å². The van der Waals surface area contributed by atoms with Gasteiger partial charge in [-0.3, -0.25) is 25.0 Å². The molecule has 0 atom stereocenters. The monoisotopic (exact) mass is 416 g/mol. The molecule has 0 unspecified atom stereocenters. The van der Waals surface area contributed by atoms with Gasteiger partial charge in [-0.15, -0.1) is 11.3 Å². The van der Waals surface area contributed by atoms with Gasteiger partial charge in [-0.2, -0.15) is 0 Å². The van der Waals surface area contributed by atoms with E-state index >= 15 is 0 Å². The van der Waals surface area contributed by atoms with Gasteiger partial charge in [0.2, 0.25) is 5.95 Å². The van der Waals surface area contributed by atoms with Crippen molar-refractivity contribution < 1.29 is 4.79 Å². The summed E-state index contributed by atoms with van der Waals surface area (Å²) in [5.41, 5.74) is 8.16. The molecule has 0 fully saturated rings. The zero-order valence-corrected chi connectivity index (χ0v) is 17.0. The Hall–Kier alpha value is -3.45. The zero-order chi connectivity index (χ0) is 20.5. The van der Waals surface area contributed by atoms with Crippen molar-refractivity contribution in [3.63, 3.8) is 0 Å². The fraction of sp³-hybridized carbons (Fsp3) is 0.174. The molecule has 1 aliphatic carbocycles. The van der Waals surface area contributed by atoms with Gasteiger partial charge in [-0.05, 0) is 42.5 Å². The largest absolute Gasteiger partial charge is 0.272 e. The lowest BCUT2D eigenvalue weighted by molar-refractivity contribution is 0.0962. The SMILES string of the molecule is O=C(NNc1nc2sc3c(c2c(=O)n1Cc1ccccc1)CCC3)c1ccccc1. The zero-order valence-electron chi connectivity index (χ0n) is 16.2. The molecule has 2 heterocycles. The number of carbonyl (C=O) groups excluding carboxylic acids is 1. The quantitative estimate of drug-likeness (QED) is 0.486. The van der Waals surface area contributed by atoms with Gasteiger partial charge in [0.15, 0.2) is 0 Å². The summed E-state index contributed by atoms with van der Waals surface area (Å²) in [5.74, 6) is 0.0467. The lowest BCUT2D eigenvalue weighted by atomic mass is 10.2. The van der Waals surface area contributed by atoms with Crippen molar-refractivity contribution in [2.45, 2.75) is 25.8 Å². The van der Waals surface area contributed by atoms with Gasteiger partial charge in [-0.25, -0.2) is 4.98 Å². The summed E-state index contributed by atoms with van der Waals surface area (Å²) in [4.78, 5) is 32.6. The van der Waals surface area contributed by atoms with Crippen molar-refractivity contribution in [2.24, 2.45) is 0 Å². The Kier molecular flexibility index (Phi) is 4.80. The maximum Gasteiger partial charge on any atom is 0.269 e. The number of hydrogen-bond acceptors (Lipinski definition) is 5. The third-order valence-corrected chi connectivity index (χ3v) is 6.52. The Labute approximate surface area is 177 Å². The minimum atomic E-state index is -0.287. The average Bonchev–Trinajstić information content (AvgIpc) is 3.36. The molecule has 6 nitrogen and oxygen atoms in total. The van der Waals surface area contributed by atoms with Crippen LogP contribution in [0.25, 0.3) is 10.2 Å². The molecule has 4 aromatic rings. The fourth-order valence-corrected chi connectivity index (χ4v) is 5.11. The number of amides is 1. The topological polar surface area (TPSA) is 76.0 Å². The maximum atomic E-state index is 13.5. The van der Waals surface area contributed by atoms with Crippen LogP contribution in [0.3, 0.4) is 0 Å². The summed E-state index contributed by atoms with van der Waals surface area (Å²) in [6.07, 6.45) is 3.01. The van der Waals surface area contributed by atoms with Gasteiger partial charge in [-0.1, -0.05) is 48.5 Å². The first kappa shape index (κ1) is 18.6. The Morgan fingerprint density at radius 3 is 2.53 bits per heavy atom. The van der Waals surface area contributed by atoms with Crippen LogP contribution in [0.5, 0.6) is 0 Å². The summed E-state index contributed by atoms with van der Waals surface area (Å²) in [5, 5.41) is 0.725. The van der Waals surface area contributed by atoms with Crippen molar-refractivity contribution >= 4 is 33.4 Å². The molecular weight excluding hydrogens is 396 g/mol.